The normalized spacial score (nSPS) is 34.5. The molecule has 21 heavy (non-hydrogen) atoms. The van der Waals surface area contributed by atoms with Gasteiger partial charge in [0.2, 0.25) is 0 Å². The third-order valence-corrected chi connectivity index (χ3v) is 6.33. The first kappa shape index (κ1) is 13.3. The van der Waals surface area contributed by atoms with Gasteiger partial charge in [0.1, 0.15) is 5.78 Å². The zero-order valence-electron chi connectivity index (χ0n) is 13.1. The smallest absolute Gasteiger partial charge is 0.144 e. The molecule has 1 aromatic rings. The lowest BCUT2D eigenvalue weighted by molar-refractivity contribution is -0.126. The Bertz CT molecular complexity index is 627. The van der Waals surface area contributed by atoms with E-state index in [4.69, 9.17) is 0 Å². The topological polar surface area (TPSA) is 17.1 Å². The second-order valence-corrected chi connectivity index (χ2v) is 7.27. The summed E-state index contributed by atoms with van der Waals surface area (Å²) in [4.78, 5) is 12.9. The van der Waals surface area contributed by atoms with Crippen molar-refractivity contribution in [1.82, 2.24) is 0 Å². The van der Waals surface area contributed by atoms with Gasteiger partial charge >= 0.3 is 0 Å². The van der Waals surface area contributed by atoms with E-state index in [-0.39, 0.29) is 5.41 Å². The highest BCUT2D eigenvalue weighted by Crippen LogP contribution is 2.57. The van der Waals surface area contributed by atoms with Crippen LogP contribution in [-0.2, 0) is 16.6 Å². The molecule has 2 bridgehead atoms. The fourth-order valence-electron chi connectivity index (χ4n) is 5.08. The molecule has 1 saturated carbocycles. The van der Waals surface area contributed by atoms with Crippen LogP contribution >= 0.6 is 0 Å². The second-order valence-electron chi connectivity index (χ2n) is 7.27. The second kappa shape index (κ2) is 4.56. The lowest BCUT2D eigenvalue weighted by atomic mass is 9.61. The molecule has 1 heteroatoms. The molecule has 1 aromatic carbocycles. The number of carbonyl (C=O) groups is 1. The molecule has 4 rings (SSSR count). The van der Waals surface area contributed by atoms with Crippen molar-refractivity contribution in [2.24, 2.45) is 11.8 Å². The quantitative estimate of drug-likeness (QED) is 0.726. The van der Waals surface area contributed by atoms with Crippen LogP contribution in [0.3, 0.4) is 0 Å². The van der Waals surface area contributed by atoms with Gasteiger partial charge in [-0.2, -0.15) is 0 Å². The van der Waals surface area contributed by atoms with Crippen LogP contribution in [0.1, 0.15) is 62.1 Å². The summed E-state index contributed by atoms with van der Waals surface area (Å²) in [7, 11) is 0. The Morgan fingerprint density at radius 2 is 2.14 bits per heavy atom. The third kappa shape index (κ3) is 1.66. The SMILES string of the molecule is CCC(C)c1cccc2c1CCC(=O)C21CC2C=CC1C2. The van der Waals surface area contributed by atoms with Crippen molar-refractivity contribution in [3.63, 3.8) is 0 Å². The van der Waals surface area contributed by atoms with Crippen LogP contribution in [0.4, 0.5) is 0 Å². The Labute approximate surface area is 127 Å². The monoisotopic (exact) mass is 280 g/mol. The van der Waals surface area contributed by atoms with E-state index in [2.05, 4.69) is 44.2 Å². The predicted octanol–water partition coefficient (Wildman–Crippen LogP) is 4.55. The summed E-state index contributed by atoms with van der Waals surface area (Å²) >= 11 is 0. The van der Waals surface area contributed by atoms with Gasteiger partial charge in [-0.25, -0.2) is 0 Å². The van der Waals surface area contributed by atoms with Gasteiger partial charge < -0.3 is 0 Å². The standard InChI is InChI=1S/C20H24O/c1-3-13(2)16-5-4-6-18-17(16)9-10-19(21)20(18)12-14-7-8-15(20)11-14/h4-8,13-15H,3,9-12H2,1-2H3. The van der Waals surface area contributed by atoms with E-state index in [1.54, 1.807) is 0 Å². The van der Waals surface area contributed by atoms with Gasteiger partial charge in [0.15, 0.2) is 0 Å². The third-order valence-electron chi connectivity index (χ3n) is 6.33. The number of rotatable bonds is 2. The van der Waals surface area contributed by atoms with E-state index in [9.17, 15) is 4.79 Å². The van der Waals surface area contributed by atoms with Gasteiger partial charge in [-0.15, -0.1) is 0 Å². The first-order chi connectivity index (χ1) is 10.2. The molecule has 1 fully saturated rings. The molecule has 0 saturated heterocycles. The maximum atomic E-state index is 12.9. The van der Waals surface area contributed by atoms with Crippen LogP contribution in [0.25, 0.3) is 0 Å². The molecule has 1 nitrogen and oxygen atoms in total. The van der Waals surface area contributed by atoms with Crippen LogP contribution in [0.2, 0.25) is 0 Å². The van der Waals surface area contributed by atoms with Crippen molar-refractivity contribution < 1.29 is 4.79 Å². The minimum absolute atomic E-state index is 0.170. The summed E-state index contributed by atoms with van der Waals surface area (Å²) in [6, 6.07) is 6.74. The van der Waals surface area contributed by atoms with Gasteiger partial charge in [0, 0.05) is 6.42 Å². The number of allylic oxidation sites excluding steroid dienone is 2. The Hall–Kier alpha value is -1.37. The summed E-state index contributed by atoms with van der Waals surface area (Å²) in [6.45, 7) is 4.58. The highest BCUT2D eigenvalue weighted by atomic mass is 16.1. The van der Waals surface area contributed by atoms with Crippen LogP contribution in [0.5, 0.6) is 0 Å². The molecule has 3 aliphatic carbocycles. The lowest BCUT2D eigenvalue weighted by Gasteiger charge is -2.40. The molecule has 0 N–H and O–H groups in total. The summed E-state index contributed by atoms with van der Waals surface area (Å²) in [5.74, 6) is 2.20. The number of ketones is 1. The molecular formula is C20H24O. The molecule has 0 heterocycles. The zero-order valence-corrected chi connectivity index (χ0v) is 13.1. The van der Waals surface area contributed by atoms with Gasteiger partial charge in [-0.05, 0) is 60.1 Å². The molecule has 0 aromatic heterocycles. The molecular weight excluding hydrogens is 256 g/mol. The average Bonchev–Trinajstić information content (AvgIpc) is 3.11. The Kier molecular flexibility index (Phi) is 2.89. The van der Waals surface area contributed by atoms with Crippen LogP contribution in [0, 0.1) is 11.8 Å². The summed E-state index contributed by atoms with van der Waals surface area (Å²) in [5, 5.41) is 0. The van der Waals surface area contributed by atoms with E-state index in [1.165, 1.54) is 29.5 Å². The molecule has 0 aliphatic heterocycles. The minimum Gasteiger partial charge on any atom is -0.299 e. The zero-order chi connectivity index (χ0) is 14.6. The van der Waals surface area contributed by atoms with Crippen molar-refractivity contribution in [3.8, 4) is 0 Å². The number of hydrogen-bond donors (Lipinski definition) is 0. The van der Waals surface area contributed by atoms with E-state index in [0.717, 1.165) is 19.3 Å². The predicted molar refractivity (Wildman–Crippen MR) is 85.5 cm³/mol. The van der Waals surface area contributed by atoms with Crippen molar-refractivity contribution in [3.05, 3.63) is 47.0 Å². The van der Waals surface area contributed by atoms with E-state index in [1.807, 2.05) is 0 Å². The maximum absolute atomic E-state index is 12.9. The fraction of sp³-hybridized carbons (Fsp3) is 0.550. The molecule has 1 spiro atoms. The summed E-state index contributed by atoms with van der Waals surface area (Å²) in [6.07, 6.45) is 9.80. The van der Waals surface area contributed by atoms with E-state index >= 15 is 0 Å². The number of benzene rings is 1. The number of carbonyl (C=O) groups excluding carboxylic acids is 1. The molecule has 4 unspecified atom stereocenters. The lowest BCUT2D eigenvalue weighted by Crippen LogP contribution is -2.43. The van der Waals surface area contributed by atoms with Gasteiger partial charge in [0.05, 0.1) is 5.41 Å². The molecule has 110 valence electrons. The largest absolute Gasteiger partial charge is 0.299 e. The van der Waals surface area contributed by atoms with Gasteiger partial charge in [0.25, 0.3) is 0 Å². The number of Topliss-reactive ketones (excluding diaryl/α,β-unsaturated/α-hetero) is 1. The van der Waals surface area contributed by atoms with Crippen molar-refractivity contribution in [1.29, 1.82) is 0 Å². The Morgan fingerprint density at radius 3 is 2.81 bits per heavy atom. The number of hydrogen-bond acceptors (Lipinski definition) is 1. The fourth-order valence-corrected chi connectivity index (χ4v) is 5.08. The minimum atomic E-state index is -0.170. The van der Waals surface area contributed by atoms with Crippen molar-refractivity contribution >= 4 is 5.78 Å². The highest BCUT2D eigenvalue weighted by Gasteiger charge is 2.55. The average molecular weight is 280 g/mol. The number of fused-ring (bicyclic) bond motifs is 5. The van der Waals surface area contributed by atoms with Crippen LogP contribution < -0.4 is 0 Å². The van der Waals surface area contributed by atoms with Crippen LogP contribution in [0.15, 0.2) is 30.4 Å². The van der Waals surface area contributed by atoms with E-state index < -0.39 is 0 Å². The van der Waals surface area contributed by atoms with Crippen LogP contribution in [-0.4, -0.2) is 5.78 Å². The first-order valence-corrected chi connectivity index (χ1v) is 8.50. The molecule has 0 radical (unpaired) electrons. The summed E-state index contributed by atoms with van der Waals surface area (Å²) < 4.78 is 0. The van der Waals surface area contributed by atoms with Crippen molar-refractivity contribution in [2.45, 2.75) is 57.3 Å². The molecule has 0 amide bonds. The van der Waals surface area contributed by atoms with Gasteiger partial charge in [-0.3, -0.25) is 4.79 Å². The summed E-state index contributed by atoms with van der Waals surface area (Å²) in [5.41, 5.74) is 4.21. The Morgan fingerprint density at radius 1 is 1.29 bits per heavy atom. The van der Waals surface area contributed by atoms with Gasteiger partial charge in [-0.1, -0.05) is 44.2 Å². The Balaban J connectivity index is 1.90. The molecule has 4 atom stereocenters. The van der Waals surface area contributed by atoms with Crippen molar-refractivity contribution in [2.75, 3.05) is 0 Å². The molecule has 3 aliphatic rings. The first-order valence-electron chi connectivity index (χ1n) is 8.50. The maximum Gasteiger partial charge on any atom is 0.144 e. The highest BCUT2D eigenvalue weighted by molar-refractivity contribution is 5.94. The van der Waals surface area contributed by atoms with E-state index in [0.29, 0.717) is 23.5 Å².